The van der Waals surface area contributed by atoms with Crippen molar-refractivity contribution in [3.05, 3.63) is 35.4 Å². The third kappa shape index (κ3) is 2.86. The van der Waals surface area contributed by atoms with Gasteiger partial charge in [-0.3, -0.25) is 0 Å². The molecular weight excluding hydrogens is 258 g/mol. The van der Waals surface area contributed by atoms with Crippen LogP contribution in [0.2, 0.25) is 0 Å². The molecule has 1 aromatic rings. The Morgan fingerprint density at radius 3 is 2.15 bits per heavy atom. The molecule has 4 heteroatoms. The van der Waals surface area contributed by atoms with E-state index >= 15 is 0 Å². The van der Waals surface area contributed by atoms with Crippen molar-refractivity contribution in [3.63, 3.8) is 0 Å². The lowest BCUT2D eigenvalue weighted by molar-refractivity contribution is 0.105. The van der Waals surface area contributed by atoms with Gasteiger partial charge in [-0.05, 0) is 51.2 Å². The molecule has 0 radical (unpaired) electrons. The first kappa shape index (κ1) is 15.4. The lowest BCUT2D eigenvalue weighted by atomic mass is 9.82. The molecule has 1 fully saturated rings. The summed E-state index contributed by atoms with van der Waals surface area (Å²) in [7, 11) is 4.12. The Morgan fingerprint density at radius 2 is 1.70 bits per heavy atom. The van der Waals surface area contributed by atoms with Gasteiger partial charge in [0, 0.05) is 11.6 Å². The Labute approximate surface area is 120 Å². The van der Waals surface area contributed by atoms with E-state index in [9.17, 15) is 8.78 Å². The zero-order valence-electron chi connectivity index (χ0n) is 12.5. The van der Waals surface area contributed by atoms with Gasteiger partial charge >= 0.3 is 0 Å². The van der Waals surface area contributed by atoms with E-state index in [1.54, 1.807) is 0 Å². The summed E-state index contributed by atoms with van der Waals surface area (Å²) in [6.07, 6.45) is 4.43. The smallest absolute Gasteiger partial charge is 0.126 e. The minimum Gasteiger partial charge on any atom is -0.309 e. The maximum absolute atomic E-state index is 13.6. The van der Waals surface area contributed by atoms with Crippen molar-refractivity contribution >= 4 is 0 Å². The molecule has 112 valence electrons. The molecule has 0 saturated heterocycles. The van der Waals surface area contributed by atoms with Crippen molar-refractivity contribution in [3.8, 4) is 0 Å². The number of hydrogen-bond donors (Lipinski definition) is 1. The molecule has 0 spiro atoms. The molecular formula is C16H24F2N2. The van der Waals surface area contributed by atoms with Crippen LogP contribution >= 0.6 is 0 Å². The number of hydrogen-bond acceptors (Lipinski definition) is 2. The largest absolute Gasteiger partial charge is 0.309 e. The summed E-state index contributed by atoms with van der Waals surface area (Å²) >= 11 is 0. The quantitative estimate of drug-likeness (QED) is 0.889. The van der Waals surface area contributed by atoms with Gasteiger partial charge in [-0.25, -0.2) is 8.78 Å². The summed E-state index contributed by atoms with van der Waals surface area (Å²) < 4.78 is 27.1. The number of benzene rings is 1. The van der Waals surface area contributed by atoms with Crippen LogP contribution in [0.3, 0.4) is 0 Å². The van der Waals surface area contributed by atoms with Crippen LogP contribution in [-0.4, -0.2) is 31.1 Å². The molecule has 1 aromatic carbocycles. The van der Waals surface area contributed by atoms with Crippen LogP contribution in [-0.2, 0) is 0 Å². The maximum atomic E-state index is 13.6. The fourth-order valence-electron chi connectivity index (χ4n) is 3.55. The summed E-state index contributed by atoms with van der Waals surface area (Å²) in [5.41, 5.74) is 0.649. The molecule has 1 atom stereocenters. The van der Waals surface area contributed by atoms with E-state index in [1.165, 1.54) is 12.1 Å². The second-order valence-electron chi connectivity index (χ2n) is 5.90. The summed E-state index contributed by atoms with van der Waals surface area (Å²) in [5.74, 6) is -1.01. The van der Waals surface area contributed by atoms with E-state index in [0.29, 0.717) is 5.56 Å². The van der Waals surface area contributed by atoms with E-state index in [4.69, 9.17) is 0 Å². The summed E-state index contributed by atoms with van der Waals surface area (Å²) in [6, 6.07) is 3.80. The Hall–Kier alpha value is -1.00. The Kier molecular flexibility index (Phi) is 4.76. The van der Waals surface area contributed by atoms with Gasteiger partial charge in [-0.15, -0.1) is 0 Å². The predicted molar refractivity (Wildman–Crippen MR) is 77.7 cm³/mol. The summed E-state index contributed by atoms with van der Waals surface area (Å²) in [6.45, 7) is 2.80. The van der Waals surface area contributed by atoms with Gasteiger partial charge in [0.05, 0.1) is 6.04 Å². The topological polar surface area (TPSA) is 15.3 Å². The number of likely N-dealkylation sites (N-methyl/N-ethyl adjacent to an activating group) is 2. The zero-order chi connectivity index (χ0) is 14.8. The molecule has 1 aliphatic carbocycles. The molecule has 1 aliphatic rings. The predicted octanol–water partition coefficient (Wildman–Crippen LogP) is 3.49. The molecule has 1 N–H and O–H groups in total. The van der Waals surface area contributed by atoms with Crippen LogP contribution in [0, 0.1) is 11.6 Å². The second-order valence-corrected chi connectivity index (χ2v) is 5.90. The fraction of sp³-hybridized carbons (Fsp3) is 0.625. The maximum Gasteiger partial charge on any atom is 0.126 e. The van der Waals surface area contributed by atoms with Gasteiger partial charge in [0.25, 0.3) is 0 Å². The van der Waals surface area contributed by atoms with E-state index in [-0.39, 0.29) is 11.6 Å². The van der Waals surface area contributed by atoms with Gasteiger partial charge < -0.3 is 10.2 Å². The molecule has 0 aromatic heterocycles. The van der Waals surface area contributed by atoms with Crippen molar-refractivity contribution in [1.29, 1.82) is 0 Å². The molecule has 1 saturated carbocycles. The number of halogens is 2. The van der Waals surface area contributed by atoms with Gasteiger partial charge in [0.2, 0.25) is 0 Å². The first-order valence-corrected chi connectivity index (χ1v) is 7.36. The van der Waals surface area contributed by atoms with Crippen LogP contribution < -0.4 is 5.32 Å². The normalized spacial score (nSPS) is 19.5. The van der Waals surface area contributed by atoms with Gasteiger partial charge in [0.1, 0.15) is 11.6 Å². The zero-order valence-corrected chi connectivity index (χ0v) is 12.5. The minimum absolute atomic E-state index is 0.0461. The Morgan fingerprint density at radius 1 is 1.15 bits per heavy atom. The number of nitrogens with zero attached hydrogens (tertiary/aromatic N) is 1. The average molecular weight is 282 g/mol. The van der Waals surface area contributed by atoms with Crippen molar-refractivity contribution < 1.29 is 8.78 Å². The highest BCUT2D eigenvalue weighted by molar-refractivity contribution is 5.26. The fourth-order valence-corrected chi connectivity index (χ4v) is 3.55. The number of rotatable bonds is 5. The number of nitrogens with one attached hydrogen (secondary N) is 1. The molecule has 2 nitrogen and oxygen atoms in total. The first-order valence-electron chi connectivity index (χ1n) is 7.36. The monoisotopic (exact) mass is 282 g/mol. The van der Waals surface area contributed by atoms with Crippen molar-refractivity contribution in [2.45, 2.75) is 44.2 Å². The second kappa shape index (κ2) is 6.19. The summed E-state index contributed by atoms with van der Waals surface area (Å²) in [4.78, 5) is 2.22. The Balaban J connectivity index is 2.43. The van der Waals surface area contributed by atoms with Gasteiger partial charge in [-0.2, -0.15) is 0 Å². The van der Waals surface area contributed by atoms with Gasteiger partial charge in [-0.1, -0.05) is 19.8 Å². The van der Waals surface area contributed by atoms with Crippen LogP contribution in [0.1, 0.15) is 44.2 Å². The van der Waals surface area contributed by atoms with Crippen molar-refractivity contribution in [2.24, 2.45) is 0 Å². The van der Waals surface area contributed by atoms with E-state index in [2.05, 4.69) is 24.3 Å². The third-order valence-electron chi connectivity index (χ3n) is 4.52. The minimum atomic E-state index is -0.505. The molecule has 0 heterocycles. The highest BCUT2D eigenvalue weighted by Gasteiger charge is 2.43. The molecule has 2 rings (SSSR count). The first-order chi connectivity index (χ1) is 9.49. The van der Waals surface area contributed by atoms with Crippen LogP contribution in [0.15, 0.2) is 18.2 Å². The molecule has 0 bridgehead atoms. The molecule has 0 aliphatic heterocycles. The van der Waals surface area contributed by atoms with E-state index in [1.807, 2.05) is 6.92 Å². The SMILES string of the molecule is CCNC(c1cc(F)cc(F)c1)C1(N(C)C)CCCC1. The summed E-state index contributed by atoms with van der Waals surface area (Å²) in [5, 5.41) is 3.44. The standard InChI is InChI=1S/C16H24F2N2/c1-4-19-15(12-9-13(17)11-14(18)10-12)16(20(2)3)7-5-6-8-16/h9-11,15,19H,4-8H2,1-3H3. The highest BCUT2D eigenvalue weighted by Crippen LogP contribution is 2.43. The highest BCUT2D eigenvalue weighted by atomic mass is 19.1. The van der Waals surface area contributed by atoms with Crippen molar-refractivity contribution in [2.75, 3.05) is 20.6 Å². The lowest BCUT2D eigenvalue weighted by Gasteiger charge is -2.44. The van der Waals surface area contributed by atoms with Crippen molar-refractivity contribution in [1.82, 2.24) is 10.2 Å². The average Bonchev–Trinajstić information content (AvgIpc) is 2.85. The third-order valence-corrected chi connectivity index (χ3v) is 4.52. The molecule has 1 unspecified atom stereocenters. The van der Waals surface area contributed by atoms with Gasteiger partial charge in [0.15, 0.2) is 0 Å². The molecule has 0 amide bonds. The van der Waals surface area contributed by atoms with E-state index < -0.39 is 11.6 Å². The van der Waals surface area contributed by atoms with Crippen LogP contribution in [0.5, 0.6) is 0 Å². The molecule has 20 heavy (non-hydrogen) atoms. The lowest BCUT2D eigenvalue weighted by Crippen LogP contribution is -2.52. The van der Waals surface area contributed by atoms with E-state index in [0.717, 1.165) is 38.3 Å². The van der Waals surface area contributed by atoms with Crippen LogP contribution in [0.25, 0.3) is 0 Å². The van der Waals surface area contributed by atoms with Crippen LogP contribution in [0.4, 0.5) is 8.78 Å². The Bertz CT molecular complexity index is 434.